The number of benzene rings is 4. The number of hydrogen-bond donors (Lipinski definition) is 8. The number of aryl methyl sites for hydroxylation is 2. The van der Waals surface area contributed by atoms with E-state index in [4.69, 9.17) is 16.3 Å². The average molecular weight is 2030 g/mol. The molecule has 4 aliphatic carbocycles. The Balaban J connectivity index is 0.000000160. The second kappa shape index (κ2) is 47.6. The van der Waals surface area contributed by atoms with Crippen molar-refractivity contribution in [2.45, 2.75) is 220 Å². The minimum Gasteiger partial charge on any atom is -0.474 e. The van der Waals surface area contributed by atoms with Gasteiger partial charge in [-0.15, -0.1) is 0 Å². The summed E-state index contributed by atoms with van der Waals surface area (Å²) in [4.78, 5) is 99.4. The summed E-state index contributed by atoms with van der Waals surface area (Å²) < 4.78 is 204. The Hall–Kier alpha value is -12.2. The van der Waals surface area contributed by atoms with Gasteiger partial charge in [-0.05, 0) is 225 Å². The van der Waals surface area contributed by atoms with Crippen molar-refractivity contribution in [1.82, 2.24) is 80.8 Å². The molecule has 4 saturated heterocycles. The summed E-state index contributed by atoms with van der Waals surface area (Å²) in [6.45, 7) is 26.8. The molecule has 24 nitrogen and oxygen atoms in total. The first-order valence-electron chi connectivity index (χ1n) is 47.7. The summed E-state index contributed by atoms with van der Waals surface area (Å²) >= 11 is 6.05. The van der Waals surface area contributed by atoms with Crippen LogP contribution in [0.2, 0.25) is 5.02 Å². The molecule has 4 aliphatic heterocycles. The van der Waals surface area contributed by atoms with Crippen LogP contribution >= 0.6 is 11.6 Å². The van der Waals surface area contributed by atoms with Gasteiger partial charge in [-0.2, -0.15) is 65.9 Å². The highest BCUT2D eigenvalue weighted by atomic mass is 35.5. The van der Waals surface area contributed by atoms with Crippen LogP contribution in [0.5, 0.6) is 5.88 Å². The van der Waals surface area contributed by atoms with Gasteiger partial charge in [-0.1, -0.05) is 62.2 Å². The van der Waals surface area contributed by atoms with Gasteiger partial charge in [-0.3, -0.25) is 53.2 Å². The number of carbonyl (C=O) groups is 4. The number of alkyl halides is 15. The third-order valence-electron chi connectivity index (χ3n) is 27.3. The van der Waals surface area contributed by atoms with E-state index in [0.29, 0.717) is 64.7 Å². The van der Waals surface area contributed by atoms with Crippen LogP contribution in [0.3, 0.4) is 0 Å². The number of nitrogens with zero attached hydrogens (tertiary/aromatic N) is 8. The Kier molecular flexibility index (Phi) is 35.9. The van der Waals surface area contributed by atoms with E-state index < -0.39 is 87.9 Å². The predicted molar refractivity (Wildman–Crippen MR) is 512 cm³/mol. The minimum atomic E-state index is -4.53. The highest BCUT2D eigenvalue weighted by Crippen LogP contribution is 2.40. The zero-order valence-electron chi connectivity index (χ0n) is 79.1. The maximum absolute atomic E-state index is 13.0. The third kappa shape index (κ3) is 30.7. The molecule has 770 valence electrons. The van der Waals surface area contributed by atoms with Crippen LogP contribution in [-0.2, 0) is 30.9 Å². The van der Waals surface area contributed by atoms with E-state index >= 15 is 0 Å². The standard InChI is InChI=1S/C26H28F6N4O2.2C26H31F3N4O2.C25H28ClF3N4O2/c1-16(12-33-24(38)17-3-2-4-18(11-17)25(27,28)29)34-20-14-35(15-20)21-6-8-22(9-7-21)36-13-19(26(30,31)32)5-10-23(36)37;1-17-10-11-33(24(34)12-17)23-8-6-22(7-9-23)32-15-21(16-32)31-18(2)14-30-25(35)19-4-3-5-20(13-19)26(27,28)29;1-17-10-11-30-24(12-17)35-23-8-6-22(7-9-23)33-15-21(16-33)32-18(2)14-31-25(34)19-4-3-5-20(13-19)26(27,28)29;1-16(12-30-24(35)17-3-2-4-18(11-17)25(27,28)29)31-20-14-32(15-20)21-6-8-22(9-7-21)33-13-19(26)5-10-23(33)34/h2-5,10-11,13,20-22,34H,1,6-9,12,14-15H2,(H,33,38);3-5,10-13,21-23,31H,2,6-9,14-16H2,1H3,(H,30,35);3-5,10-13,21-23,32H,2,6-9,14-16H2,1H3,(H,31,34);2-5,10-11,13,20-22,31H,1,6-9,12,14-15H2,(H,30,35). The highest BCUT2D eigenvalue weighted by molar-refractivity contribution is 6.30. The first-order valence-corrected chi connectivity index (χ1v) is 48.1. The van der Waals surface area contributed by atoms with Crippen LogP contribution in [0, 0.1) is 13.8 Å². The number of aromatic nitrogens is 4. The zero-order chi connectivity index (χ0) is 103. The largest absolute Gasteiger partial charge is 0.474 e. The molecule has 4 amide bonds. The monoisotopic (exact) mass is 2030 g/mol. The number of pyridine rings is 4. The lowest BCUT2D eigenvalue weighted by Gasteiger charge is -2.47. The van der Waals surface area contributed by atoms with Gasteiger partial charge in [0.2, 0.25) is 5.88 Å². The van der Waals surface area contributed by atoms with E-state index in [0.717, 1.165) is 220 Å². The van der Waals surface area contributed by atoms with E-state index in [2.05, 4.69) is 93.4 Å². The molecule has 16 rings (SSSR count). The first kappa shape index (κ1) is 108. The zero-order valence-corrected chi connectivity index (χ0v) is 79.9. The van der Waals surface area contributed by atoms with Crippen molar-refractivity contribution in [3.05, 3.63) is 317 Å². The number of rotatable bonds is 29. The van der Waals surface area contributed by atoms with Crippen molar-refractivity contribution in [2.75, 3.05) is 78.5 Å². The van der Waals surface area contributed by atoms with E-state index in [1.165, 1.54) is 59.2 Å². The van der Waals surface area contributed by atoms with Crippen LogP contribution in [0.1, 0.15) is 201 Å². The summed E-state index contributed by atoms with van der Waals surface area (Å²) in [6, 6.07) is 32.5. The third-order valence-corrected chi connectivity index (χ3v) is 27.5. The lowest BCUT2D eigenvalue weighted by Crippen LogP contribution is -2.61. The van der Waals surface area contributed by atoms with Gasteiger partial charge in [0, 0.05) is 189 Å². The van der Waals surface area contributed by atoms with Gasteiger partial charge >= 0.3 is 30.9 Å². The SMILES string of the molecule is C=C(CNC(=O)c1cccc(C(F)(F)F)c1)NC1CN(C2CCC(Oc3cc(C)ccn3)CC2)C1.C=C(CNC(=O)c1cccc(C(F)(F)F)c1)NC1CN(C2CCC(n3cc(C(F)(F)F)ccc3=O)CC2)C1.C=C(CNC(=O)c1cccc(C(F)(F)F)c1)NC1CN(C2CCC(n3cc(Cl)ccc3=O)CC2)C1.C=C(CNC(=O)c1cccc(C(F)(F)F)c1)NC1CN(C2CCC(n3ccc(C)cc3=O)CC2)C1. The Morgan fingerprint density at radius 2 is 0.629 bits per heavy atom. The predicted octanol–water partition coefficient (Wildman–Crippen LogP) is 17.0. The summed E-state index contributed by atoms with van der Waals surface area (Å²) in [7, 11) is 0. The molecule has 4 aromatic heterocycles. The van der Waals surface area contributed by atoms with Crippen LogP contribution < -0.4 is 63.9 Å². The Morgan fingerprint density at radius 3 is 0.937 bits per heavy atom. The van der Waals surface area contributed by atoms with E-state index in [9.17, 15) is 99.4 Å². The average Bonchev–Trinajstić information content (AvgIpc) is 0.783. The van der Waals surface area contributed by atoms with Crippen LogP contribution in [-0.4, -0.2) is 195 Å². The Labute approximate surface area is 823 Å². The molecule has 4 aromatic carbocycles. The number of hydrogen-bond acceptors (Lipinski definition) is 17. The smallest absolute Gasteiger partial charge is 0.417 e. The highest BCUT2D eigenvalue weighted by Gasteiger charge is 2.43. The topological polar surface area (TPSA) is 266 Å². The molecule has 0 radical (unpaired) electrons. The molecule has 8 fully saturated rings. The Bertz CT molecular complexity index is 5970. The summed E-state index contributed by atoms with van der Waals surface area (Å²) in [6.07, 6.45) is -1.18. The molecule has 8 N–H and O–H groups in total. The second-order valence-electron chi connectivity index (χ2n) is 38.0. The molecule has 0 bridgehead atoms. The summed E-state index contributed by atoms with van der Waals surface area (Å²) in [5.74, 6) is -1.65. The number of likely N-dealkylation sites (tertiary alicyclic amines) is 4. The molecular weight excluding hydrogens is 1910 g/mol. The molecule has 143 heavy (non-hydrogen) atoms. The van der Waals surface area contributed by atoms with Gasteiger partial charge < -0.3 is 61.0 Å². The number of carbonyl (C=O) groups excluding carboxylic acids is 4. The summed E-state index contributed by atoms with van der Waals surface area (Å²) in [5, 5.41) is 24.1. The maximum Gasteiger partial charge on any atom is 0.417 e. The van der Waals surface area contributed by atoms with E-state index in [-0.39, 0.29) is 114 Å². The fourth-order valence-electron chi connectivity index (χ4n) is 19.5. The van der Waals surface area contributed by atoms with Crippen LogP contribution in [0.25, 0.3) is 0 Å². The number of ether oxygens (including phenoxy) is 1. The molecule has 0 unspecified atom stereocenters. The molecule has 8 aliphatic rings. The molecule has 0 atom stereocenters. The fraction of sp³-hybridized carbons (Fsp3) is 0.456. The van der Waals surface area contributed by atoms with Crippen molar-refractivity contribution >= 4 is 35.2 Å². The lowest BCUT2D eigenvalue weighted by molar-refractivity contribution is -0.138. The molecule has 8 aromatic rings. The van der Waals surface area contributed by atoms with Crippen molar-refractivity contribution < 1.29 is 89.8 Å². The van der Waals surface area contributed by atoms with Gasteiger partial charge in [0.05, 0.1) is 83.2 Å². The second-order valence-corrected chi connectivity index (χ2v) is 38.4. The lowest BCUT2D eigenvalue weighted by atomic mass is 9.87. The van der Waals surface area contributed by atoms with Crippen LogP contribution in [0.4, 0.5) is 65.9 Å². The van der Waals surface area contributed by atoms with E-state index in [1.807, 2.05) is 42.8 Å². The maximum atomic E-state index is 13.0. The Morgan fingerprint density at radius 1 is 0.343 bits per heavy atom. The number of nitrogens with one attached hydrogen (secondary N) is 8. The van der Waals surface area contributed by atoms with Crippen molar-refractivity contribution in [2.24, 2.45) is 0 Å². The van der Waals surface area contributed by atoms with Crippen molar-refractivity contribution in [1.29, 1.82) is 0 Å². The van der Waals surface area contributed by atoms with Crippen molar-refractivity contribution in [3.8, 4) is 5.88 Å². The van der Waals surface area contributed by atoms with Gasteiger partial charge in [-0.25, -0.2) is 4.98 Å². The van der Waals surface area contributed by atoms with Crippen LogP contribution in [0.15, 0.2) is 234 Å². The fourth-order valence-corrected chi connectivity index (χ4v) is 19.6. The number of halogens is 16. The van der Waals surface area contributed by atoms with Gasteiger partial charge in [0.1, 0.15) is 6.10 Å². The number of amides is 4. The molecule has 8 heterocycles. The van der Waals surface area contributed by atoms with E-state index in [1.54, 1.807) is 29.1 Å². The normalized spacial score (nSPS) is 21.2. The molecule has 4 saturated carbocycles. The van der Waals surface area contributed by atoms with Crippen molar-refractivity contribution in [3.63, 3.8) is 0 Å². The first-order chi connectivity index (χ1) is 67.7. The summed E-state index contributed by atoms with van der Waals surface area (Å²) in [5.41, 5.74) is -0.346. The molecule has 40 heteroatoms. The molecular formula is C103H118ClF15N16O8. The minimum absolute atomic E-state index is 0.0234. The van der Waals surface area contributed by atoms with Gasteiger partial charge in [0.15, 0.2) is 0 Å². The quantitative estimate of drug-likeness (QED) is 0.0203. The van der Waals surface area contributed by atoms with Gasteiger partial charge in [0.25, 0.3) is 40.3 Å². The molecule has 0 spiro atoms.